The topological polar surface area (TPSA) is 74.7 Å². The Kier molecular flexibility index (Phi) is 4.10. The molecule has 88 valence electrons. The lowest BCUT2D eigenvalue weighted by atomic mass is 10.2. The lowest BCUT2D eigenvalue weighted by Gasteiger charge is -2.20. The van der Waals surface area contributed by atoms with Gasteiger partial charge in [0.15, 0.2) is 5.84 Å². The van der Waals surface area contributed by atoms with Crippen molar-refractivity contribution in [3.8, 4) is 0 Å². The van der Waals surface area contributed by atoms with Crippen molar-refractivity contribution in [2.75, 3.05) is 18.0 Å². The first-order valence-electron chi connectivity index (χ1n) is 5.33. The van der Waals surface area contributed by atoms with Crippen LogP contribution in [-0.2, 0) is 0 Å². The molecule has 0 radical (unpaired) electrons. The van der Waals surface area contributed by atoms with Crippen molar-refractivity contribution in [3.05, 3.63) is 23.4 Å². The van der Waals surface area contributed by atoms with Crippen LogP contribution in [0.4, 0.5) is 5.82 Å². The zero-order chi connectivity index (χ0) is 12.1. The number of pyridine rings is 1. The molecule has 0 saturated heterocycles. The molecule has 1 heterocycles. The zero-order valence-corrected chi connectivity index (χ0v) is 9.94. The molecule has 0 unspecified atom stereocenters. The Bertz CT molecular complexity index is 386. The number of anilines is 1. The van der Waals surface area contributed by atoms with Gasteiger partial charge in [-0.1, -0.05) is 5.16 Å². The van der Waals surface area contributed by atoms with Crippen LogP contribution in [0.1, 0.15) is 25.1 Å². The number of nitrogens with zero attached hydrogens (tertiary/aromatic N) is 3. The molecule has 0 atom stereocenters. The average Bonchev–Trinajstić information content (AvgIpc) is 2.29. The van der Waals surface area contributed by atoms with Crippen molar-refractivity contribution in [2.45, 2.75) is 20.8 Å². The zero-order valence-electron chi connectivity index (χ0n) is 9.94. The highest BCUT2D eigenvalue weighted by Gasteiger charge is 2.08. The molecule has 0 amide bonds. The van der Waals surface area contributed by atoms with E-state index in [2.05, 4.69) is 28.9 Å². The summed E-state index contributed by atoms with van der Waals surface area (Å²) in [6.07, 6.45) is 0. The SMILES string of the molecule is CCN(CC)c1cc(C)cc(C(N)=NO)n1. The minimum atomic E-state index is 0.0390. The van der Waals surface area contributed by atoms with E-state index < -0.39 is 0 Å². The average molecular weight is 222 g/mol. The van der Waals surface area contributed by atoms with E-state index in [9.17, 15) is 0 Å². The Morgan fingerprint density at radius 2 is 2.06 bits per heavy atom. The summed E-state index contributed by atoms with van der Waals surface area (Å²) in [6.45, 7) is 7.85. The number of rotatable bonds is 4. The summed E-state index contributed by atoms with van der Waals surface area (Å²) in [6, 6.07) is 3.78. The summed E-state index contributed by atoms with van der Waals surface area (Å²) in [7, 11) is 0. The highest BCUT2D eigenvalue weighted by atomic mass is 16.4. The number of amidine groups is 1. The number of oxime groups is 1. The minimum Gasteiger partial charge on any atom is -0.409 e. The molecule has 1 rings (SSSR count). The van der Waals surface area contributed by atoms with Gasteiger partial charge in [-0.15, -0.1) is 0 Å². The fourth-order valence-corrected chi connectivity index (χ4v) is 1.54. The van der Waals surface area contributed by atoms with Crippen LogP contribution < -0.4 is 10.6 Å². The van der Waals surface area contributed by atoms with E-state index in [4.69, 9.17) is 10.9 Å². The Morgan fingerprint density at radius 3 is 2.56 bits per heavy atom. The molecule has 0 aliphatic carbocycles. The van der Waals surface area contributed by atoms with Crippen LogP contribution in [-0.4, -0.2) is 29.1 Å². The van der Waals surface area contributed by atoms with Crippen molar-refractivity contribution in [1.82, 2.24) is 4.98 Å². The third-order valence-corrected chi connectivity index (χ3v) is 2.41. The number of aromatic nitrogens is 1. The molecule has 1 aromatic heterocycles. The molecular formula is C11H18N4O. The molecule has 5 nitrogen and oxygen atoms in total. The second-order valence-corrected chi connectivity index (χ2v) is 3.55. The first-order valence-corrected chi connectivity index (χ1v) is 5.33. The smallest absolute Gasteiger partial charge is 0.188 e. The Hall–Kier alpha value is -1.78. The van der Waals surface area contributed by atoms with Crippen LogP contribution >= 0.6 is 0 Å². The molecule has 0 spiro atoms. The van der Waals surface area contributed by atoms with Crippen LogP contribution in [0, 0.1) is 6.92 Å². The van der Waals surface area contributed by atoms with Gasteiger partial charge in [-0.2, -0.15) is 0 Å². The van der Waals surface area contributed by atoms with Gasteiger partial charge in [0.25, 0.3) is 0 Å². The maximum Gasteiger partial charge on any atom is 0.188 e. The van der Waals surface area contributed by atoms with Crippen LogP contribution in [0.2, 0.25) is 0 Å². The third-order valence-electron chi connectivity index (χ3n) is 2.41. The minimum absolute atomic E-state index is 0.0390. The summed E-state index contributed by atoms with van der Waals surface area (Å²) in [5, 5.41) is 11.6. The number of nitrogens with two attached hydrogens (primary N) is 1. The van der Waals surface area contributed by atoms with E-state index in [0.29, 0.717) is 5.69 Å². The second kappa shape index (κ2) is 5.34. The van der Waals surface area contributed by atoms with E-state index in [1.54, 1.807) is 6.07 Å². The molecule has 5 heteroatoms. The van der Waals surface area contributed by atoms with Crippen LogP contribution in [0.3, 0.4) is 0 Å². The summed E-state index contributed by atoms with van der Waals surface area (Å²) in [5.74, 6) is 0.892. The molecule has 0 saturated carbocycles. The van der Waals surface area contributed by atoms with Gasteiger partial charge >= 0.3 is 0 Å². The molecule has 0 aliphatic rings. The molecule has 0 bridgehead atoms. The van der Waals surface area contributed by atoms with E-state index in [-0.39, 0.29) is 5.84 Å². The van der Waals surface area contributed by atoms with Crippen LogP contribution in [0.25, 0.3) is 0 Å². The molecule has 16 heavy (non-hydrogen) atoms. The predicted molar refractivity (Wildman–Crippen MR) is 65.0 cm³/mol. The predicted octanol–water partition coefficient (Wildman–Crippen LogP) is 1.33. The van der Waals surface area contributed by atoms with Gasteiger partial charge in [0.1, 0.15) is 11.5 Å². The van der Waals surface area contributed by atoms with Crippen molar-refractivity contribution in [3.63, 3.8) is 0 Å². The van der Waals surface area contributed by atoms with Crippen LogP contribution in [0.15, 0.2) is 17.3 Å². The largest absolute Gasteiger partial charge is 0.409 e. The standard InChI is InChI=1S/C11H18N4O/c1-4-15(5-2)10-7-8(3)6-9(13-10)11(12)14-16/h6-7,16H,4-5H2,1-3H3,(H2,12,14). The summed E-state index contributed by atoms with van der Waals surface area (Å²) < 4.78 is 0. The fraction of sp³-hybridized carbons (Fsp3) is 0.455. The molecule has 0 fully saturated rings. The van der Waals surface area contributed by atoms with Crippen molar-refractivity contribution in [1.29, 1.82) is 0 Å². The quantitative estimate of drug-likeness (QED) is 0.349. The first-order chi connectivity index (χ1) is 7.62. The maximum atomic E-state index is 8.63. The number of hydrogen-bond acceptors (Lipinski definition) is 4. The summed E-state index contributed by atoms with van der Waals surface area (Å²) in [5.41, 5.74) is 7.08. The first kappa shape index (κ1) is 12.3. The highest BCUT2D eigenvalue weighted by molar-refractivity contribution is 5.95. The summed E-state index contributed by atoms with van der Waals surface area (Å²) >= 11 is 0. The van der Waals surface area contributed by atoms with Crippen molar-refractivity contribution in [2.24, 2.45) is 10.9 Å². The molecular weight excluding hydrogens is 204 g/mol. The number of aryl methyl sites for hydroxylation is 1. The van der Waals surface area contributed by atoms with Crippen molar-refractivity contribution < 1.29 is 5.21 Å². The van der Waals surface area contributed by atoms with Gasteiger partial charge in [0.2, 0.25) is 0 Å². The Balaban J connectivity index is 3.17. The third kappa shape index (κ3) is 2.62. The number of hydrogen-bond donors (Lipinski definition) is 2. The van der Waals surface area contributed by atoms with Gasteiger partial charge in [-0.25, -0.2) is 4.98 Å². The highest BCUT2D eigenvalue weighted by Crippen LogP contribution is 2.14. The molecule has 1 aromatic rings. The fourth-order valence-electron chi connectivity index (χ4n) is 1.54. The van der Waals surface area contributed by atoms with E-state index >= 15 is 0 Å². The Morgan fingerprint density at radius 1 is 1.44 bits per heavy atom. The van der Waals surface area contributed by atoms with Gasteiger partial charge in [0.05, 0.1) is 0 Å². The molecule has 0 aliphatic heterocycles. The lowest BCUT2D eigenvalue weighted by molar-refractivity contribution is 0.318. The van der Waals surface area contributed by atoms with E-state index in [1.165, 1.54) is 0 Å². The monoisotopic (exact) mass is 222 g/mol. The lowest BCUT2D eigenvalue weighted by Crippen LogP contribution is -2.25. The second-order valence-electron chi connectivity index (χ2n) is 3.55. The normalized spacial score (nSPS) is 11.6. The van der Waals surface area contributed by atoms with Gasteiger partial charge in [0, 0.05) is 13.1 Å². The molecule has 0 aromatic carbocycles. The van der Waals surface area contributed by atoms with Crippen molar-refractivity contribution >= 4 is 11.7 Å². The van der Waals surface area contributed by atoms with Gasteiger partial charge in [-0.3, -0.25) is 0 Å². The summed E-state index contributed by atoms with van der Waals surface area (Å²) in [4.78, 5) is 6.47. The van der Waals surface area contributed by atoms with E-state index in [0.717, 1.165) is 24.5 Å². The van der Waals surface area contributed by atoms with E-state index in [1.807, 2.05) is 13.0 Å². The van der Waals surface area contributed by atoms with Gasteiger partial charge in [-0.05, 0) is 38.5 Å². The maximum absolute atomic E-state index is 8.63. The molecule has 3 N–H and O–H groups in total. The van der Waals surface area contributed by atoms with Gasteiger partial charge < -0.3 is 15.8 Å². The van der Waals surface area contributed by atoms with Crippen LogP contribution in [0.5, 0.6) is 0 Å². The Labute approximate surface area is 95.6 Å².